The fraction of sp³-hybridized carbons (Fsp3) is 0.261. The van der Waals surface area contributed by atoms with E-state index in [-0.39, 0.29) is 34.6 Å². The molecule has 0 aliphatic carbocycles. The van der Waals surface area contributed by atoms with Gasteiger partial charge in [0, 0.05) is 11.2 Å². The van der Waals surface area contributed by atoms with Crippen molar-refractivity contribution in [2.24, 2.45) is 0 Å². The second-order valence-electron chi connectivity index (χ2n) is 8.15. The Balaban J connectivity index is 1.79. The maximum atomic E-state index is 14.0. The molecule has 2 heterocycles. The van der Waals surface area contributed by atoms with E-state index in [9.17, 15) is 32.6 Å². The number of hydrogen-bond donors (Lipinski definition) is 2. The average Bonchev–Trinajstić information content (AvgIpc) is 3.38. The van der Waals surface area contributed by atoms with Gasteiger partial charge >= 0.3 is 11.9 Å². The van der Waals surface area contributed by atoms with Crippen LogP contribution >= 0.6 is 23.2 Å². The molecule has 0 unspecified atom stereocenters. The van der Waals surface area contributed by atoms with Gasteiger partial charge in [0.1, 0.15) is 16.9 Å². The highest BCUT2D eigenvalue weighted by molar-refractivity contribution is 6.32. The molecule has 8 nitrogen and oxygen atoms in total. The van der Waals surface area contributed by atoms with Crippen molar-refractivity contribution in [1.29, 1.82) is 0 Å². The molecule has 0 amide bonds. The number of alkyl halides is 3. The molecule has 0 aliphatic rings. The Hall–Kier alpha value is -3.19. The lowest BCUT2D eigenvalue weighted by atomic mass is 10.1. The lowest BCUT2D eigenvalue weighted by molar-refractivity contribution is -0.207. The van der Waals surface area contributed by atoms with Crippen LogP contribution in [0.3, 0.4) is 0 Å². The molecule has 0 radical (unpaired) electrons. The number of rotatable bonds is 7. The Morgan fingerprint density at radius 3 is 2.38 bits per heavy atom. The van der Waals surface area contributed by atoms with Crippen molar-refractivity contribution >= 4 is 23.2 Å². The van der Waals surface area contributed by atoms with Crippen LogP contribution in [-0.2, 0) is 13.1 Å². The molecule has 0 spiro atoms. The molecule has 2 N–H and O–H groups in total. The second kappa shape index (κ2) is 10.3. The molecule has 4 rings (SSSR count). The first-order valence-corrected chi connectivity index (χ1v) is 11.5. The molecule has 4 aromatic rings. The number of imidazole rings is 1. The summed E-state index contributed by atoms with van der Waals surface area (Å²) in [5, 5.41) is 24.2. The highest BCUT2D eigenvalue weighted by atomic mass is 35.5. The lowest BCUT2D eigenvalue weighted by Gasteiger charge is -2.16. The van der Waals surface area contributed by atoms with Gasteiger partial charge in [-0.3, -0.25) is 9.13 Å². The molecule has 2 aromatic carbocycles. The van der Waals surface area contributed by atoms with Gasteiger partial charge in [-0.25, -0.2) is 18.9 Å². The average molecular weight is 560 g/mol. The van der Waals surface area contributed by atoms with Crippen LogP contribution in [0.1, 0.15) is 24.7 Å². The zero-order valence-electron chi connectivity index (χ0n) is 19.0. The van der Waals surface area contributed by atoms with Crippen molar-refractivity contribution in [3.8, 4) is 16.9 Å². The van der Waals surface area contributed by atoms with E-state index < -0.39 is 36.4 Å². The third kappa shape index (κ3) is 5.57. The van der Waals surface area contributed by atoms with Crippen molar-refractivity contribution in [2.75, 3.05) is 0 Å². The third-order valence-electron chi connectivity index (χ3n) is 5.44. The molecule has 2 aromatic heterocycles. The van der Waals surface area contributed by atoms with Crippen LogP contribution in [0.5, 0.6) is 0 Å². The molecule has 2 atom stereocenters. The first-order valence-electron chi connectivity index (χ1n) is 10.8. The smallest absolute Gasteiger partial charge is 0.385 e. The quantitative estimate of drug-likeness (QED) is 0.328. The summed E-state index contributed by atoms with van der Waals surface area (Å²) < 4.78 is 56.2. The van der Waals surface area contributed by atoms with E-state index >= 15 is 0 Å². The van der Waals surface area contributed by atoms with E-state index in [1.165, 1.54) is 49.5 Å². The minimum atomic E-state index is -4.95. The van der Waals surface area contributed by atoms with Crippen LogP contribution in [0.25, 0.3) is 16.9 Å². The fourth-order valence-corrected chi connectivity index (χ4v) is 3.97. The number of hydrogen-bond acceptors (Lipinski definition) is 5. The highest BCUT2D eigenvalue weighted by Crippen LogP contribution is 2.27. The van der Waals surface area contributed by atoms with Crippen molar-refractivity contribution < 1.29 is 27.8 Å². The van der Waals surface area contributed by atoms with Crippen molar-refractivity contribution in [2.45, 2.75) is 38.4 Å². The zero-order chi connectivity index (χ0) is 27.1. The van der Waals surface area contributed by atoms with Crippen molar-refractivity contribution in [3.63, 3.8) is 0 Å². The lowest BCUT2D eigenvalue weighted by Crippen LogP contribution is -2.37. The molecule has 0 fully saturated rings. The van der Waals surface area contributed by atoms with Gasteiger partial charge in [-0.05, 0) is 36.8 Å². The van der Waals surface area contributed by atoms with Crippen LogP contribution < -0.4 is 5.69 Å². The van der Waals surface area contributed by atoms with Crippen molar-refractivity contribution in [1.82, 2.24) is 23.9 Å². The van der Waals surface area contributed by atoms with Crippen LogP contribution in [0.2, 0.25) is 10.0 Å². The van der Waals surface area contributed by atoms with E-state index in [0.717, 1.165) is 19.9 Å². The van der Waals surface area contributed by atoms with Gasteiger partial charge in [0.2, 0.25) is 0 Å². The van der Waals surface area contributed by atoms with Gasteiger partial charge in [0.15, 0.2) is 17.8 Å². The van der Waals surface area contributed by atoms with Crippen LogP contribution in [-0.4, -0.2) is 46.4 Å². The Labute approximate surface area is 216 Å². The summed E-state index contributed by atoms with van der Waals surface area (Å²) in [4.78, 5) is 17.4. The SMILES string of the molecule is C[C@H](O)c1nc(Cn2cc(-c3ccc(Cl)cc3)n(C[C@H](O)C(F)(F)F)c2=O)nn1-c1cccc(F)c1Cl. The Morgan fingerprint density at radius 2 is 1.76 bits per heavy atom. The first-order chi connectivity index (χ1) is 17.4. The largest absolute Gasteiger partial charge is 0.416 e. The number of halogens is 6. The molecule has 37 heavy (non-hydrogen) atoms. The fourth-order valence-electron chi connectivity index (χ4n) is 3.64. The number of aliphatic hydroxyl groups is 2. The maximum absolute atomic E-state index is 14.0. The first kappa shape index (κ1) is 26.9. The molecule has 14 heteroatoms. The Bertz CT molecular complexity index is 1480. The predicted molar refractivity (Wildman–Crippen MR) is 127 cm³/mol. The number of aromatic nitrogens is 5. The minimum absolute atomic E-state index is 0.000370. The summed E-state index contributed by atoms with van der Waals surface area (Å²) in [6.45, 7) is 0.0402. The van der Waals surface area contributed by atoms with Gasteiger partial charge in [-0.15, -0.1) is 5.10 Å². The van der Waals surface area contributed by atoms with E-state index in [1.807, 2.05) is 0 Å². The number of aliphatic hydroxyl groups excluding tert-OH is 2. The topological polar surface area (TPSA) is 98.1 Å². The molecule has 0 bridgehead atoms. The molecule has 0 saturated carbocycles. The van der Waals surface area contributed by atoms with E-state index in [1.54, 1.807) is 0 Å². The van der Waals surface area contributed by atoms with Crippen LogP contribution in [0.15, 0.2) is 53.5 Å². The summed E-state index contributed by atoms with van der Waals surface area (Å²) in [5.41, 5.74) is -0.305. The monoisotopic (exact) mass is 559 g/mol. The molecular formula is C23H19Cl2F4N5O3. The molecule has 196 valence electrons. The Kier molecular flexibility index (Phi) is 7.47. The summed E-state index contributed by atoms with van der Waals surface area (Å²) in [5.74, 6) is -0.730. The Morgan fingerprint density at radius 1 is 1.08 bits per heavy atom. The molecule has 0 saturated heterocycles. The summed E-state index contributed by atoms with van der Waals surface area (Å²) in [6, 6.07) is 10.0. The molecular weight excluding hydrogens is 541 g/mol. The van der Waals surface area contributed by atoms with Gasteiger partial charge in [0.25, 0.3) is 0 Å². The van der Waals surface area contributed by atoms with E-state index in [0.29, 0.717) is 10.6 Å². The van der Waals surface area contributed by atoms with Crippen LogP contribution in [0.4, 0.5) is 17.6 Å². The van der Waals surface area contributed by atoms with E-state index in [2.05, 4.69) is 10.1 Å². The summed E-state index contributed by atoms with van der Waals surface area (Å²) >= 11 is 12.0. The summed E-state index contributed by atoms with van der Waals surface area (Å²) in [6.07, 6.45) is -7.60. The minimum Gasteiger partial charge on any atom is -0.385 e. The summed E-state index contributed by atoms with van der Waals surface area (Å²) in [7, 11) is 0. The van der Waals surface area contributed by atoms with Gasteiger partial charge in [-0.1, -0.05) is 41.4 Å². The highest BCUT2D eigenvalue weighted by Gasteiger charge is 2.39. The maximum Gasteiger partial charge on any atom is 0.416 e. The normalized spacial score (nSPS) is 13.6. The standard InChI is InChI=1S/C23H19Cl2F4N5O3/c1-12(35)21-30-19(31-34(21)16-4-2-3-15(26)20(16)25)11-32-9-17(13-5-7-14(24)8-6-13)33(22(32)37)10-18(36)23(27,28)29/h2-9,12,18,35-36H,10-11H2,1H3/t12-,18-/m0/s1. The number of benzene rings is 2. The van der Waals surface area contributed by atoms with Gasteiger partial charge in [0.05, 0.1) is 24.5 Å². The van der Waals surface area contributed by atoms with Gasteiger partial charge in [-0.2, -0.15) is 13.2 Å². The number of nitrogens with zero attached hydrogens (tertiary/aromatic N) is 5. The predicted octanol–water partition coefficient (Wildman–Crippen LogP) is 4.37. The van der Waals surface area contributed by atoms with Crippen molar-refractivity contribution in [3.05, 3.63) is 86.7 Å². The van der Waals surface area contributed by atoms with E-state index in [4.69, 9.17) is 23.2 Å². The third-order valence-corrected chi connectivity index (χ3v) is 6.07. The van der Waals surface area contributed by atoms with Gasteiger partial charge < -0.3 is 10.2 Å². The van der Waals surface area contributed by atoms with Crippen LogP contribution in [0, 0.1) is 5.82 Å². The zero-order valence-corrected chi connectivity index (χ0v) is 20.5. The molecule has 0 aliphatic heterocycles. The second-order valence-corrected chi connectivity index (χ2v) is 8.96.